The van der Waals surface area contributed by atoms with Crippen molar-refractivity contribution in [2.45, 2.75) is 25.7 Å². The fourth-order valence-corrected chi connectivity index (χ4v) is 4.34. The predicted octanol–water partition coefficient (Wildman–Crippen LogP) is 4.79. The van der Waals surface area contributed by atoms with Gasteiger partial charge in [0.15, 0.2) is 0 Å². The van der Waals surface area contributed by atoms with Gasteiger partial charge in [0.1, 0.15) is 16.6 Å². The zero-order chi connectivity index (χ0) is 22.7. The molecule has 1 aliphatic rings. The van der Waals surface area contributed by atoms with Crippen LogP contribution in [0.15, 0.2) is 42.5 Å². The van der Waals surface area contributed by atoms with Gasteiger partial charge in [-0.15, -0.1) is 10.2 Å². The summed E-state index contributed by atoms with van der Waals surface area (Å²) in [5.74, 6) is -1.35. The SMILES string of the molecule is Cc1ccc(NC(=O)N2CCC[C@@H](c3nnc(C(=O)Nc4cccc(F)c4)s3)C2)cc1F. The number of hydrogen-bond acceptors (Lipinski definition) is 5. The van der Waals surface area contributed by atoms with Crippen molar-refractivity contribution < 1.29 is 18.4 Å². The third kappa shape index (κ3) is 5.08. The summed E-state index contributed by atoms with van der Waals surface area (Å²) in [6, 6.07) is 9.85. The third-order valence-electron chi connectivity index (χ3n) is 5.20. The average Bonchev–Trinajstić information content (AvgIpc) is 3.27. The first-order chi connectivity index (χ1) is 15.4. The summed E-state index contributed by atoms with van der Waals surface area (Å²) in [6.07, 6.45) is 1.58. The van der Waals surface area contributed by atoms with Crippen LogP contribution in [0.4, 0.5) is 25.0 Å². The standard InChI is InChI=1S/C22H21F2N5O2S/c1-13-7-8-17(11-18(13)24)26-22(31)29-9-3-4-14(12-29)20-27-28-21(32-20)19(30)25-16-6-2-5-15(23)10-16/h2,5-8,10-11,14H,3-4,9,12H2,1H3,(H,25,30)(H,26,31)/t14-/m1/s1. The molecule has 0 bridgehead atoms. The Hall–Kier alpha value is -3.40. The van der Waals surface area contributed by atoms with Crippen LogP contribution in [0.3, 0.4) is 0 Å². The van der Waals surface area contributed by atoms with Crippen molar-refractivity contribution in [1.82, 2.24) is 15.1 Å². The van der Waals surface area contributed by atoms with Crippen LogP contribution >= 0.6 is 11.3 Å². The second-order valence-corrected chi connectivity index (χ2v) is 8.60. The van der Waals surface area contributed by atoms with Crippen molar-refractivity contribution in [3.8, 4) is 0 Å². The van der Waals surface area contributed by atoms with E-state index < -0.39 is 11.7 Å². The monoisotopic (exact) mass is 457 g/mol. The lowest BCUT2D eigenvalue weighted by Crippen LogP contribution is -2.41. The molecular weight excluding hydrogens is 436 g/mol. The topological polar surface area (TPSA) is 87.2 Å². The molecule has 0 unspecified atom stereocenters. The van der Waals surface area contributed by atoms with Crippen LogP contribution in [-0.2, 0) is 0 Å². The normalized spacial score (nSPS) is 16.0. The number of nitrogens with one attached hydrogen (secondary N) is 2. The second kappa shape index (κ2) is 9.39. The number of carbonyl (C=O) groups is 2. The van der Waals surface area contributed by atoms with Gasteiger partial charge < -0.3 is 15.5 Å². The molecule has 1 aliphatic heterocycles. The number of urea groups is 1. The molecule has 1 atom stereocenters. The number of halogens is 2. The summed E-state index contributed by atoms with van der Waals surface area (Å²) in [5, 5.41) is 14.3. The molecule has 3 aromatic rings. The van der Waals surface area contributed by atoms with Gasteiger partial charge in [-0.25, -0.2) is 13.6 Å². The molecule has 0 radical (unpaired) electrons. The van der Waals surface area contributed by atoms with E-state index in [0.717, 1.165) is 24.2 Å². The van der Waals surface area contributed by atoms with E-state index in [2.05, 4.69) is 20.8 Å². The number of nitrogens with zero attached hydrogens (tertiary/aromatic N) is 3. The summed E-state index contributed by atoms with van der Waals surface area (Å²) in [4.78, 5) is 26.7. The number of rotatable bonds is 4. The van der Waals surface area contributed by atoms with Gasteiger partial charge >= 0.3 is 6.03 Å². The van der Waals surface area contributed by atoms with Gasteiger partial charge in [-0.1, -0.05) is 23.5 Å². The maximum Gasteiger partial charge on any atom is 0.321 e. The van der Waals surface area contributed by atoms with Crippen molar-refractivity contribution >= 4 is 34.6 Å². The van der Waals surface area contributed by atoms with Crippen molar-refractivity contribution in [2.24, 2.45) is 0 Å². The molecule has 7 nitrogen and oxygen atoms in total. The Morgan fingerprint density at radius 2 is 1.91 bits per heavy atom. The second-order valence-electron chi connectivity index (χ2n) is 7.59. The number of amides is 3. The van der Waals surface area contributed by atoms with Gasteiger partial charge in [-0.2, -0.15) is 0 Å². The molecule has 1 fully saturated rings. The highest BCUT2D eigenvalue weighted by molar-refractivity contribution is 7.13. The molecule has 2 aromatic carbocycles. The number of benzene rings is 2. The van der Waals surface area contributed by atoms with Crippen molar-refractivity contribution in [2.75, 3.05) is 23.7 Å². The average molecular weight is 458 g/mol. The zero-order valence-electron chi connectivity index (χ0n) is 17.3. The highest BCUT2D eigenvalue weighted by Crippen LogP contribution is 2.30. The number of aromatic nitrogens is 2. The van der Waals surface area contributed by atoms with Crippen molar-refractivity contribution in [1.29, 1.82) is 0 Å². The highest BCUT2D eigenvalue weighted by atomic mass is 32.1. The number of aryl methyl sites for hydroxylation is 1. The van der Waals surface area contributed by atoms with Gasteiger partial charge in [0, 0.05) is 30.4 Å². The quantitative estimate of drug-likeness (QED) is 0.590. The summed E-state index contributed by atoms with van der Waals surface area (Å²) in [7, 11) is 0. The Morgan fingerprint density at radius 1 is 1.09 bits per heavy atom. The van der Waals surface area contributed by atoms with Gasteiger partial charge in [-0.05, 0) is 55.7 Å². The smallest absolute Gasteiger partial charge is 0.321 e. The minimum Gasteiger partial charge on any atom is -0.324 e. The van der Waals surface area contributed by atoms with E-state index in [1.165, 1.54) is 24.3 Å². The van der Waals surface area contributed by atoms with Crippen LogP contribution in [0.5, 0.6) is 0 Å². The summed E-state index contributed by atoms with van der Waals surface area (Å²) < 4.78 is 27.1. The largest absolute Gasteiger partial charge is 0.324 e. The molecule has 1 aromatic heterocycles. The van der Waals surface area contributed by atoms with Crippen LogP contribution in [0.1, 0.15) is 39.1 Å². The van der Waals surface area contributed by atoms with Crippen LogP contribution in [0.25, 0.3) is 0 Å². The van der Waals surface area contributed by atoms with E-state index >= 15 is 0 Å². The van der Waals surface area contributed by atoms with E-state index in [-0.39, 0.29) is 22.8 Å². The molecule has 2 N–H and O–H groups in total. The number of hydrogen-bond donors (Lipinski definition) is 2. The first kappa shape index (κ1) is 21.8. The lowest BCUT2D eigenvalue weighted by molar-refractivity contribution is 0.102. The van der Waals surface area contributed by atoms with Crippen LogP contribution in [-0.4, -0.2) is 40.1 Å². The molecule has 32 heavy (non-hydrogen) atoms. The van der Waals surface area contributed by atoms with Crippen LogP contribution in [0.2, 0.25) is 0 Å². The first-order valence-electron chi connectivity index (χ1n) is 10.1. The molecule has 0 aliphatic carbocycles. The molecule has 0 saturated carbocycles. The van der Waals surface area contributed by atoms with E-state index in [9.17, 15) is 18.4 Å². The van der Waals surface area contributed by atoms with Crippen molar-refractivity contribution in [3.63, 3.8) is 0 Å². The van der Waals surface area contributed by atoms with Gasteiger partial charge in [0.05, 0.1) is 0 Å². The zero-order valence-corrected chi connectivity index (χ0v) is 18.1. The van der Waals surface area contributed by atoms with E-state index in [1.807, 2.05) is 0 Å². The van der Waals surface area contributed by atoms with Gasteiger partial charge in [-0.3, -0.25) is 4.79 Å². The molecule has 10 heteroatoms. The Kier molecular flexibility index (Phi) is 6.40. The summed E-state index contributed by atoms with van der Waals surface area (Å²) in [6.45, 7) is 2.65. The Bertz CT molecular complexity index is 1150. The molecule has 3 amide bonds. The van der Waals surface area contributed by atoms with Gasteiger partial charge in [0.2, 0.25) is 5.01 Å². The molecule has 0 spiro atoms. The Labute approximate surface area is 187 Å². The van der Waals surface area contributed by atoms with E-state index in [1.54, 1.807) is 30.0 Å². The van der Waals surface area contributed by atoms with E-state index in [4.69, 9.17) is 0 Å². The maximum atomic E-state index is 13.8. The van der Waals surface area contributed by atoms with Crippen LogP contribution < -0.4 is 10.6 Å². The minimum atomic E-state index is -0.467. The first-order valence-corrected chi connectivity index (χ1v) is 10.9. The number of piperidine rings is 1. The lowest BCUT2D eigenvalue weighted by atomic mass is 9.99. The molecule has 2 heterocycles. The Morgan fingerprint density at radius 3 is 2.69 bits per heavy atom. The number of anilines is 2. The summed E-state index contributed by atoms with van der Waals surface area (Å²) in [5.41, 5.74) is 1.24. The highest BCUT2D eigenvalue weighted by Gasteiger charge is 2.28. The fourth-order valence-electron chi connectivity index (χ4n) is 3.48. The molecular formula is C22H21F2N5O2S. The van der Waals surface area contributed by atoms with Crippen molar-refractivity contribution in [3.05, 3.63) is 69.7 Å². The van der Waals surface area contributed by atoms with E-state index in [0.29, 0.717) is 35.0 Å². The fraction of sp³-hybridized carbons (Fsp3) is 0.273. The molecule has 4 rings (SSSR count). The Balaban J connectivity index is 1.39. The third-order valence-corrected chi connectivity index (χ3v) is 6.28. The molecule has 1 saturated heterocycles. The summed E-state index contributed by atoms with van der Waals surface area (Å²) >= 11 is 1.16. The number of likely N-dealkylation sites (tertiary alicyclic amines) is 1. The van der Waals surface area contributed by atoms with Gasteiger partial charge in [0.25, 0.3) is 5.91 Å². The van der Waals surface area contributed by atoms with Crippen LogP contribution in [0, 0.1) is 18.6 Å². The minimum absolute atomic E-state index is 0.0579. The molecule has 166 valence electrons. The number of carbonyl (C=O) groups excluding carboxylic acids is 2. The predicted molar refractivity (Wildman–Crippen MR) is 118 cm³/mol. The lowest BCUT2D eigenvalue weighted by Gasteiger charge is -2.31. The maximum absolute atomic E-state index is 13.8.